The van der Waals surface area contributed by atoms with Crippen molar-refractivity contribution in [3.63, 3.8) is 0 Å². The van der Waals surface area contributed by atoms with Crippen LogP contribution >= 0.6 is 0 Å². The lowest BCUT2D eigenvalue weighted by molar-refractivity contribution is -0.140. The zero-order valence-corrected chi connectivity index (χ0v) is 21.3. The summed E-state index contributed by atoms with van der Waals surface area (Å²) in [7, 11) is 3.15. The van der Waals surface area contributed by atoms with Crippen molar-refractivity contribution >= 4 is 18.2 Å². The molecule has 14 heteroatoms. The summed E-state index contributed by atoms with van der Waals surface area (Å²) in [6.45, 7) is 2.06. The van der Waals surface area contributed by atoms with Crippen molar-refractivity contribution in [3.8, 4) is 22.9 Å². The van der Waals surface area contributed by atoms with Gasteiger partial charge in [-0.2, -0.15) is 18.3 Å². The van der Waals surface area contributed by atoms with E-state index in [-0.39, 0.29) is 28.5 Å². The van der Waals surface area contributed by atoms with Crippen molar-refractivity contribution in [1.82, 2.24) is 25.1 Å². The fraction of sp³-hybridized carbons (Fsp3) is 0.320. The molecule has 0 amide bonds. The number of nitrogen functional groups attached to an aromatic ring is 1. The van der Waals surface area contributed by atoms with Gasteiger partial charge in [-0.3, -0.25) is 9.59 Å². The number of nitrogens with one attached hydrogen (secondary N) is 1. The summed E-state index contributed by atoms with van der Waals surface area (Å²) in [6.07, 6.45) is 1.31. The number of alkyl halides is 3. The lowest BCUT2D eigenvalue weighted by atomic mass is 10.0. The zero-order valence-electron chi connectivity index (χ0n) is 21.3. The molecule has 208 valence electrons. The molecular weight excluding hydrogens is 524 g/mol. The molecule has 3 aromatic rings. The number of ether oxygens (including phenoxy) is 2. The molecule has 2 heterocycles. The Hall–Kier alpha value is -4.49. The second-order valence-corrected chi connectivity index (χ2v) is 8.53. The van der Waals surface area contributed by atoms with Crippen LogP contribution < -0.4 is 20.8 Å². The number of aromatic amines is 1. The van der Waals surface area contributed by atoms with E-state index >= 15 is 0 Å². The lowest BCUT2D eigenvalue weighted by Crippen LogP contribution is -2.26. The van der Waals surface area contributed by atoms with Gasteiger partial charge in [-0.15, -0.1) is 0 Å². The Bertz CT molecular complexity index is 1410. The number of H-pyrrole nitrogens is 1. The number of carbonyl (C=O) groups excluding carboxylic acids is 1. The summed E-state index contributed by atoms with van der Waals surface area (Å²) in [5.74, 6) is -1.06. The van der Waals surface area contributed by atoms with Crippen LogP contribution in [-0.4, -0.2) is 58.2 Å². The van der Waals surface area contributed by atoms with Crippen molar-refractivity contribution in [2.75, 3.05) is 26.4 Å². The van der Waals surface area contributed by atoms with E-state index in [1.165, 1.54) is 19.4 Å². The molecule has 1 unspecified atom stereocenters. The molecule has 0 aliphatic rings. The SMILES string of the molecule is COc1cnc(-c2cc(/C=C\N(C)CCCC(C)Oc3cn[nH]c(=O)c3C(F)(F)F)c(C=O)cc2F)nc1N. The van der Waals surface area contributed by atoms with Crippen LogP contribution in [0.1, 0.15) is 41.3 Å². The highest BCUT2D eigenvalue weighted by molar-refractivity contribution is 5.84. The summed E-state index contributed by atoms with van der Waals surface area (Å²) in [4.78, 5) is 33.0. The Balaban J connectivity index is 1.66. The van der Waals surface area contributed by atoms with Gasteiger partial charge in [0.25, 0.3) is 5.56 Å². The highest BCUT2D eigenvalue weighted by Crippen LogP contribution is 2.33. The Kier molecular flexibility index (Phi) is 9.22. The number of nitrogens with two attached hydrogens (primary N) is 1. The van der Waals surface area contributed by atoms with Crippen LogP contribution in [-0.2, 0) is 6.18 Å². The van der Waals surface area contributed by atoms with Crippen molar-refractivity contribution in [2.24, 2.45) is 0 Å². The first-order valence-electron chi connectivity index (χ1n) is 11.6. The summed E-state index contributed by atoms with van der Waals surface area (Å²) >= 11 is 0. The molecule has 3 N–H and O–H groups in total. The first kappa shape index (κ1) is 29.1. The van der Waals surface area contributed by atoms with E-state index in [1.807, 2.05) is 0 Å². The van der Waals surface area contributed by atoms with Gasteiger partial charge in [0.15, 0.2) is 35.0 Å². The summed E-state index contributed by atoms with van der Waals surface area (Å²) in [5, 5.41) is 5.14. The predicted molar refractivity (Wildman–Crippen MR) is 135 cm³/mol. The molecule has 0 saturated heterocycles. The predicted octanol–water partition coefficient (Wildman–Crippen LogP) is 3.94. The lowest BCUT2D eigenvalue weighted by Gasteiger charge is -2.19. The average molecular weight is 551 g/mol. The van der Waals surface area contributed by atoms with Crippen LogP contribution in [0.5, 0.6) is 11.5 Å². The largest absolute Gasteiger partial charge is 0.491 e. The smallest absolute Gasteiger partial charge is 0.425 e. The summed E-state index contributed by atoms with van der Waals surface area (Å²) in [6, 6.07) is 2.50. The van der Waals surface area contributed by atoms with E-state index in [2.05, 4.69) is 15.1 Å². The number of anilines is 1. The number of rotatable bonds is 11. The Morgan fingerprint density at radius 2 is 1.95 bits per heavy atom. The molecule has 0 bridgehead atoms. The third kappa shape index (κ3) is 7.30. The first-order chi connectivity index (χ1) is 18.4. The summed E-state index contributed by atoms with van der Waals surface area (Å²) in [5.41, 5.74) is 3.54. The third-order valence-electron chi connectivity index (χ3n) is 5.61. The Morgan fingerprint density at radius 3 is 2.59 bits per heavy atom. The van der Waals surface area contributed by atoms with Crippen LogP contribution in [0.4, 0.5) is 23.4 Å². The molecule has 10 nitrogen and oxygen atoms in total. The highest BCUT2D eigenvalue weighted by atomic mass is 19.4. The van der Waals surface area contributed by atoms with Crippen molar-refractivity contribution in [2.45, 2.75) is 32.0 Å². The molecule has 39 heavy (non-hydrogen) atoms. The number of benzene rings is 1. The number of aromatic nitrogens is 4. The van der Waals surface area contributed by atoms with Gasteiger partial charge < -0.3 is 20.1 Å². The maximum atomic E-state index is 14.7. The molecular formula is C25H26F4N6O4. The second-order valence-electron chi connectivity index (χ2n) is 8.53. The van der Waals surface area contributed by atoms with Crippen molar-refractivity contribution < 1.29 is 31.8 Å². The van der Waals surface area contributed by atoms with Crippen molar-refractivity contribution in [3.05, 3.63) is 63.6 Å². The number of aldehydes is 1. The van der Waals surface area contributed by atoms with Gasteiger partial charge in [0, 0.05) is 19.2 Å². The van der Waals surface area contributed by atoms with E-state index in [1.54, 1.807) is 36.2 Å². The van der Waals surface area contributed by atoms with Gasteiger partial charge in [0.2, 0.25) is 0 Å². The highest BCUT2D eigenvalue weighted by Gasteiger charge is 2.38. The molecule has 0 spiro atoms. The van der Waals surface area contributed by atoms with E-state index in [4.69, 9.17) is 15.2 Å². The minimum Gasteiger partial charge on any atom is -0.491 e. The Labute approximate surface area is 220 Å². The standard InChI is InChI=1S/C25H26F4N6O4/c1-14(39-19-12-32-34-24(37)21(19)25(27,28)29)5-4-7-35(2)8-6-15-9-17(18(26)10-16(15)13-36)23-31-11-20(38-3)22(30)33-23/h6,8-14H,4-5,7H2,1-3H3,(H,34,37)(H2,30,31,33)/b8-6-. The van der Waals surface area contributed by atoms with E-state index < -0.39 is 35.0 Å². The molecule has 0 aliphatic carbocycles. The average Bonchev–Trinajstić information content (AvgIpc) is 2.86. The van der Waals surface area contributed by atoms with Gasteiger partial charge in [-0.1, -0.05) is 0 Å². The van der Waals surface area contributed by atoms with Gasteiger partial charge in [0.05, 0.1) is 31.2 Å². The van der Waals surface area contributed by atoms with Crippen molar-refractivity contribution in [1.29, 1.82) is 0 Å². The van der Waals surface area contributed by atoms with Gasteiger partial charge >= 0.3 is 6.18 Å². The number of nitrogens with zero attached hydrogens (tertiary/aromatic N) is 4. The molecule has 0 radical (unpaired) electrons. The maximum absolute atomic E-state index is 14.7. The third-order valence-corrected chi connectivity index (χ3v) is 5.61. The number of halogens is 4. The van der Waals surface area contributed by atoms with Crippen LogP contribution in [0.2, 0.25) is 0 Å². The zero-order chi connectivity index (χ0) is 28.7. The van der Waals surface area contributed by atoms with E-state index in [0.29, 0.717) is 31.2 Å². The fourth-order valence-corrected chi connectivity index (χ4v) is 3.62. The topological polar surface area (TPSA) is 136 Å². The van der Waals surface area contributed by atoms with Gasteiger partial charge in [-0.05, 0) is 49.7 Å². The van der Waals surface area contributed by atoms with E-state index in [9.17, 15) is 27.2 Å². The van der Waals surface area contributed by atoms with E-state index in [0.717, 1.165) is 12.3 Å². The molecule has 3 rings (SSSR count). The fourth-order valence-electron chi connectivity index (χ4n) is 3.62. The van der Waals surface area contributed by atoms with Crippen LogP contribution in [0, 0.1) is 5.82 Å². The number of hydrogen-bond donors (Lipinski definition) is 2. The number of methoxy groups -OCH3 is 1. The first-order valence-corrected chi connectivity index (χ1v) is 11.6. The normalized spacial score (nSPS) is 12.4. The minimum atomic E-state index is -4.89. The van der Waals surface area contributed by atoms with Gasteiger partial charge in [-0.25, -0.2) is 19.5 Å². The maximum Gasteiger partial charge on any atom is 0.425 e. The summed E-state index contributed by atoms with van der Waals surface area (Å²) < 4.78 is 64.6. The van der Waals surface area contributed by atoms with Crippen LogP contribution in [0.15, 0.2) is 35.5 Å². The second kappa shape index (κ2) is 12.4. The molecule has 1 atom stereocenters. The molecule has 0 saturated carbocycles. The number of carbonyl (C=O) groups is 1. The molecule has 1 aromatic carbocycles. The molecule has 0 aliphatic heterocycles. The quantitative estimate of drug-likeness (QED) is 0.269. The monoisotopic (exact) mass is 550 g/mol. The molecule has 2 aromatic heterocycles. The van der Waals surface area contributed by atoms with Crippen LogP contribution in [0.25, 0.3) is 17.5 Å². The minimum absolute atomic E-state index is 0.0181. The van der Waals surface area contributed by atoms with Gasteiger partial charge in [0.1, 0.15) is 5.82 Å². The molecule has 0 fully saturated rings. The van der Waals surface area contributed by atoms with Crippen LogP contribution in [0.3, 0.4) is 0 Å². The Morgan fingerprint density at radius 1 is 1.21 bits per heavy atom. The number of hydrogen-bond acceptors (Lipinski definition) is 9.